The zero-order valence-electron chi connectivity index (χ0n) is 13.7. The smallest absolute Gasteiger partial charge is 0.343 e. The predicted molar refractivity (Wildman–Crippen MR) is 88.0 cm³/mol. The van der Waals surface area contributed by atoms with E-state index in [4.69, 9.17) is 10.5 Å². The Morgan fingerprint density at radius 3 is 2.41 bits per heavy atom. The standard InChI is InChI=1S/C15H12F4N4O3S/c1-2-26-14(25)6-4-21-15(23-13(6)20)27-5-9(24)22-12-10(18)7(16)3-8(17)11(12)19/h3-4H,2,5H2,1H3,(H,22,24)(H2,20,21,23). The molecule has 0 atom stereocenters. The van der Waals surface area contributed by atoms with Crippen molar-refractivity contribution in [3.05, 3.63) is 41.1 Å². The van der Waals surface area contributed by atoms with Crippen LogP contribution in [0.1, 0.15) is 17.3 Å². The van der Waals surface area contributed by atoms with Gasteiger partial charge in [-0.15, -0.1) is 0 Å². The highest BCUT2D eigenvalue weighted by Gasteiger charge is 2.21. The van der Waals surface area contributed by atoms with Crippen LogP contribution in [0.3, 0.4) is 0 Å². The van der Waals surface area contributed by atoms with Crippen LogP contribution in [0.4, 0.5) is 29.1 Å². The maximum Gasteiger partial charge on any atom is 0.343 e. The van der Waals surface area contributed by atoms with Gasteiger partial charge >= 0.3 is 5.97 Å². The molecule has 2 aromatic rings. The third-order valence-corrected chi connectivity index (χ3v) is 3.86. The number of anilines is 2. The first-order chi connectivity index (χ1) is 12.7. The van der Waals surface area contributed by atoms with Gasteiger partial charge in [0.2, 0.25) is 5.91 Å². The predicted octanol–water partition coefficient (Wildman–Crippen LogP) is 2.52. The van der Waals surface area contributed by atoms with E-state index in [2.05, 4.69) is 9.97 Å². The van der Waals surface area contributed by atoms with E-state index in [9.17, 15) is 27.2 Å². The Balaban J connectivity index is 2.05. The van der Waals surface area contributed by atoms with Gasteiger partial charge in [-0.2, -0.15) is 0 Å². The Morgan fingerprint density at radius 2 is 1.85 bits per heavy atom. The van der Waals surface area contributed by atoms with Crippen LogP contribution in [0.25, 0.3) is 0 Å². The molecule has 0 saturated carbocycles. The minimum absolute atomic E-state index is 0.0120. The summed E-state index contributed by atoms with van der Waals surface area (Å²) in [6.07, 6.45) is 1.10. The number of thioether (sulfide) groups is 1. The molecule has 0 saturated heterocycles. The van der Waals surface area contributed by atoms with Gasteiger partial charge in [0.05, 0.1) is 12.4 Å². The van der Waals surface area contributed by atoms with E-state index in [1.54, 1.807) is 12.2 Å². The van der Waals surface area contributed by atoms with Crippen LogP contribution in [-0.4, -0.2) is 34.2 Å². The molecule has 1 amide bonds. The Bertz CT molecular complexity index is 872. The Kier molecular flexibility index (Phi) is 6.55. The third-order valence-electron chi connectivity index (χ3n) is 3.00. The van der Waals surface area contributed by atoms with Gasteiger partial charge in [-0.3, -0.25) is 4.79 Å². The van der Waals surface area contributed by atoms with Gasteiger partial charge in [-0.05, 0) is 6.92 Å². The molecule has 0 aliphatic rings. The van der Waals surface area contributed by atoms with Crippen molar-refractivity contribution in [2.24, 2.45) is 0 Å². The summed E-state index contributed by atoms with van der Waals surface area (Å²) in [5, 5.41) is 1.73. The summed E-state index contributed by atoms with van der Waals surface area (Å²) >= 11 is 0.717. The second-order valence-electron chi connectivity index (χ2n) is 4.85. The van der Waals surface area contributed by atoms with Crippen LogP contribution >= 0.6 is 11.8 Å². The fourth-order valence-electron chi connectivity index (χ4n) is 1.80. The van der Waals surface area contributed by atoms with Gasteiger partial charge in [0.25, 0.3) is 0 Å². The number of carbonyl (C=O) groups excluding carboxylic acids is 2. The van der Waals surface area contributed by atoms with Gasteiger partial charge < -0.3 is 15.8 Å². The molecule has 0 radical (unpaired) electrons. The van der Waals surface area contributed by atoms with Crippen LogP contribution in [0.2, 0.25) is 0 Å². The molecule has 144 valence electrons. The molecular formula is C15H12F4N4O3S. The first kappa shape index (κ1) is 20.4. The van der Waals surface area contributed by atoms with Crippen LogP contribution in [0, 0.1) is 23.3 Å². The van der Waals surface area contributed by atoms with Crippen molar-refractivity contribution in [2.75, 3.05) is 23.4 Å². The van der Waals surface area contributed by atoms with Gasteiger partial charge in [0, 0.05) is 12.3 Å². The molecule has 0 fully saturated rings. The summed E-state index contributed by atoms with van der Waals surface area (Å²) in [4.78, 5) is 31.0. The molecule has 3 N–H and O–H groups in total. The number of rotatable bonds is 6. The maximum absolute atomic E-state index is 13.5. The summed E-state index contributed by atoms with van der Waals surface area (Å²) in [5.41, 5.74) is 4.30. The number of nitrogens with zero attached hydrogens (tertiary/aromatic N) is 2. The molecule has 1 aromatic carbocycles. The fraction of sp³-hybridized carbons (Fsp3) is 0.200. The summed E-state index contributed by atoms with van der Waals surface area (Å²) in [5.74, 6) is -9.09. The number of nitrogen functional groups attached to an aromatic ring is 1. The Labute approximate surface area is 154 Å². The average Bonchev–Trinajstić information content (AvgIpc) is 2.62. The molecule has 27 heavy (non-hydrogen) atoms. The van der Waals surface area contributed by atoms with Crippen molar-refractivity contribution in [1.82, 2.24) is 9.97 Å². The SMILES string of the molecule is CCOC(=O)c1cnc(SCC(=O)Nc2c(F)c(F)cc(F)c2F)nc1N. The number of hydrogen-bond acceptors (Lipinski definition) is 7. The van der Waals surface area contributed by atoms with Gasteiger partial charge in [-0.25, -0.2) is 32.3 Å². The van der Waals surface area contributed by atoms with E-state index in [0.717, 1.165) is 18.0 Å². The molecule has 1 heterocycles. The van der Waals surface area contributed by atoms with Crippen molar-refractivity contribution in [3.63, 3.8) is 0 Å². The van der Waals surface area contributed by atoms with E-state index >= 15 is 0 Å². The third kappa shape index (κ3) is 4.84. The molecule has 1 aromatic heterocycles. The van der Waals surface area contributed by atoms with E-state index in [0.29, 0.717) is 0 Å². The largest absolute Gasteiger partial charge is 0.462 e. The van der Waals surface area contributed by atoms with Crippen LogP contribution in [0.5, 0.6) is 0 Å². The molecule has 0 spiro atoms. The molecule has 2 rings (SSSR count). The lowest BCUT2D eigenvalue weighted by Gasteiger charge is -2.09. The molecule has 0 bridgehead atoms. The molecule has 12 heteroatoms. The fourth-order valence-corrected chi connectivity index (χ4v) is 2.42. The number of ether oxygens (including phenoxy) is 1. The molecular weight excluding hydrogens is 392 g/mol. The lowest BCUT2D eigenvalue weighted by molar-refractivity contribution is -0.113. The number of esters is 1. The number of nitrogens with one attached hydrogen (secondary N) is 1. The summed E-state index contributed by atoms with van der Waals surface area (Å²) in [6, 6.07) is 0.0246. The average molecular weight is 404 g/mol. The Morgan fingerprint density at radius 1 is 1.22 bits per heavy atom. The quantitative estimate of drug-likeness (QED) is 0.250. The van der Waals surface area contributed by atoms with Crippen LogP contribution in [-0.2, 0) is 9.53 Å². The zero-order valence-corrected chi connectivity index (χ0v) is 14.5. The monoisotopic (exact) mass is 404 g/mol. The number of carbonyl (C=O) groups is 2. The van der Waals surface area contributed by atoms with E-state index < -0.39 is 46.6 Å². The second-order valence-corrected chi connectivity index (χ2v) is 5.79. The van der Waals surface area contributed by atoms with Crippen molar-refractivity contribution >= 4 is 35.1 Å². The van der Waals surface area contributed by atoms with E-state index in [-0.39, 0.29) is 29.2 Å². The number of halogens is 4. The minimum atomic E-state index is -1.73. The highest BCUT2D eigenvalue weighted by molar-refractivity contribution is 7.99. The van der Waals surface area contributed by atoms with Crippen LogP contribution in [0.15, 0.2) is 17.4 Å². The van der Waals surface area contributed by atoms with Crippen molar-refractivity contribution in [1.29, 1.82) is 0 Å². The maximum atomic E-state index is 13.5. The normalized spacial score (nSPS) is 10.6. The first-order valence-corrected chi connectivity index (χ1v) is 8.28. The van der Waals surface area contributed by atoms with Gasteiger partial charge in [0.15, 0.2) is 28.4 Å². The van der Waals surface area contributed by atoms with Gasteiger partial charge in [0.1, 0.15) is 17.1 Å². The highest BCUT2D eigenvalue weighted by Crippen LogP contribution is 2.25. The minimum Gasteiger partial charge on any atom is -0.462 e. The number of aromatic nitrogens is 2. The topological polar surface area (TPSA) is 107 Å². The number of benzene rings is 1. The first-order valence-electron chi connectivity index (χ1n) is 7.29. The number of nitrogens with two attached hydrogens (primary N) is 1. The van der Waals surface area contributed by atoms with E-state index in [1.165, 1.54) is 0 Å². The van der Waals surface area contributed by atoms with Crippen molar-refractivity contribution in [2.45, 2.75) is 12.1 Å². The van der Waals surface area contributed by atoms with Crippen molar-refractivity contribution < 1.29 is 31.9 Å². The summed E-state index contributed by atoms with van der Waals surface area (Å²) in [6.45, 7) is 1.73. The number of hydrogen-bond donors (Lipinski definition) is 2. The van der Waals surface area contributed by atoms with E-state index in [1.807, 2.05) is 0 Å². The molecule has 0 aliphatic carbocycles. The second kappa shape index (κ2) is 8.66. The van der Waals surface area contributed by atoms with Crippen LogP contribution < -0.4 is 11.1 Å². The van der Waals surface area contributed by atoms with Crippen molar-refractivity contribution in [3.8, 4) is 0 Å². The zero-order chi connectivity index (χ0) is 20.1. The highest BCUT2D eigenvalue weighted by atomic mass is 32.2. The molecule has 7 nitrogen and oxygen atoms in total. The van der Waals surface area contributed by atoms with Gasteiger partial charge in [-0.1, -0.05) is 11.8 Å². The number of amides is 1. The lowest BCUT2D eigenvalue weighted by Crippen LogP contribution is -2.18. The molecule has 0 aliphatic heterocycles. The summed E-state index contributed by atoms with van der Waals surface area (Å²) in [7, 11) is 0. The lowest BCUT2D eigenvalue weighted by atomic mass is 10.2. The molecule has 0 unspecified atom stereocenters. The summed E-state index contributed by atoms with van der Waals surface area (Å²) < 4.78 is 58.0. The Hall–Kier alpha value is -2.89.